The monoisotopic (exact) mass is 273 g/mol. The molecule has 1 aromatic carbocycles. The van der Waals surface area contributed by atoms with E-state index in [4.69, 9.17) is 5.73 Å². The van der Waals surface area contributed by atoms with Gasteiger partial charge in [-0.3, -0.25) is 0 Å². The van der Waals surface area contributed by atoms with Crippen LogP contribution in [-0.4, -0.2) is 25.6 Å². The molecule has 0 bridgehead atoms. The fourth-order valence-electron chi connectivity index (χ4n) is 1.17. The van der Waals surface area contributed by atoms with Crippen LogP contribution in [0.25, 0.3) is 0 Å². The van der Waals surface area contributed by atoms with Gasteiger partial charge in [0.05, 0.1) is 10.6 Å². The molecule has 0 fully saturated rings. The normalized spacial score (nSPS) is 11.3. The van der Waals surface area contributed by atoms with Crippen LogP contribution in [0.15, 0.2) is 23.1 Å². The van der Waals surface area contributed by atoms with Crippen LogP contribution in [0.3, 0.4) is 0 Å². The molecule has 0 saturated heterocycles. The summed E-state index contributed by atoms with van der Waals surface area (Å²) >= 11 is 0. The van der Waals surface area contributed by atoms with E-state index in [1.807, 2.05) is 4.72 Å². The number of nitrogens with one attached hydrogen (secondary N) is 2. The first kappa shape index (κ1) is 14.1. The maximum absolute atomic E-state index is 11.8. The summed E-state index contributed by atoms with van der Waals surface area (Å²) in [6, 6.07) is 2.35. The fraction of sp³-hybridized carbons (Fsp3) is 0.300. The Kier molecular flexibility index (Phi) is 4.02. The molecule has 0 aliphatic heterocycles. The maximum Gasteiger partial charge on any atom is 0.328 e. The van der Waals surface area contributed by atoms with Crippen LogP contribution < -0.4 is 15.8 Å². The number of hydrogen-bond donors (Lipinski definition) is 4. The van der Waals surface area contributed by atoms with Gasteiger partial charge in [-0.25, -0.2) is 17.9 Å². The summed E-state index contributed by atoms with van der Waals surface area (Å²) < 4.78 is 25.4. The molecule has 0 unspecified atom stereocenters. The highest BCUT2D eigenvalue weighted by molar-refractivity contribution is 7.90. The molecular weight excluding hydrogens is 258 g/mol. The van der Waals surface area contributed by atoms with Crippen LogP contribution in [-0.2, 0) is 10.0 Å². The van der Waals surface area contributed by atoms with E-state index in [2.05, 4.69) is 5.32 Å². The molecule has 0 aliphatic carbocycles. The van der Waals surface area contributed by atoms with Crippen molar-refractivity contribution < 1.29 is 18.3 Å². The molecule has 8 heteroatoms. The first-order chi connectivity index (χ1) is 8.22. The van der Waals surface area contributed by atoms with Gasteiger partial charge in [-0.05, 0) is 32.0 Å². The zero-order chi connectivity index (χ0) is 13.9. The zero-order valence-corrected chi connectivity index (χ0v) is 10.8. The Hall–Kier alpha value is -1.96. The van der Waals surface area contributed by atoms with Crippen LogP contribution in [0.5, 0.6) is 5.75 Å². The second-order valence-corrected chi connectivity index (χ2v) is 5.64. The van der Waals surface area contributed by atoms with Gasteiger partial charge >= 0.3 is 6.03 Å². The minimum absolute atomic E-state index is 0.0813. The highest BCUT2D eigenvalue weighted by atomic mass is 32.2. The summed E-state index contributed by atoms with van der Waals surface area (Å²) in [7, 11) is -4.00. The lowest BCUT2D eigenvalue weighted by Gasteiger charge is -2.11. The van der Waals surface area contributed by atoms with Crippen molar-refractivity contribution in [2.24, 2.45) is 0 Å². The average Bonchev–Trinajstić information content (AvgIpc) is 2.19. The van der Waals surface area contributed by atoms with Crippen LogP contribution in [0.4, 0.5) is 10.5 Å². The number of nitrogens with two attached hydrogens (primary N) is 1. The predicted molar refractivity (Wildman–Crippen MR) is 66.5 cm³/mol. The van der Waals surface area contributed by atoms with Gasteiger partial charge in [0.1, 0.15) is 5.75 Å². The third-order valence-electron chi connectivity index (χ3n) is 1.96. The first-order valence-electron chi connectivity index (χ1n) is 5.14. The van der Waals surface area contributed by atoms with E-state index in [1.54, 1.807) is 13.8 Å². The molecule has 0 atom stereocenters. The molecule has 0 radical (unpaired) electrons. The van der Waals surface area contributed by atoms with Gasteiger partial charge < -0.3 is 16.2 Å². The number of aromatic hydroxyl groups is 1. The summed E-state index contributed by atoms with van der Waals surface area (Å²) in [6.07, 6.45) is 0. The van der Waals surface area contributed by atoms with Crippen LogP contribution in [0.2, 0.25) is 0 Å². The lowest BCUT2D eigenvalue weighted by Crippen LogP contribution is -2.42. The number of phenols is 1. The summed E-state index contributed by atoms with van der Waals surface area (Å²) in [5.41, 5.74) is 5.30. The van der Waals surface area contributed by atoms with E-state index in [-0.39, 0.29) is 22.4 Å². The Labute approximate surface area is 105 Å². The second kappa shape index (κ2) is 5.13. The lowest BCUT2D eigenvalue weighted by molar-refractivity contribution is 0.243. The van der Waals surface area contributed by atoms with Crippen molar-refractivity contribution in [3.8, 4) is 5.75 Å². The average molecular weight is 273 g/mol. The maximum atomic E-state index is 11.8. The van der Waals surface area contributed by atoms with Gasteiger partial charge in [-0.2, -0.15) is 0 Å². The lowest BCUT2D eigenvalue weighted by atomic mass is 10.3. The van der Waals surface area contributed by atoms with Crippen molar-refractivity contribution in [3.05, 3.63) is 18.2 Å². The summed E-state index contributed by atoms with van der Waals surface area (Å²) in [4.78, 5) is 11.1. The Morgan fingerprint density at radius 1 is 1.39 bits per heavy atom. The molecule has 18 heavy (non-hydrogen) atoms. The molecule has 1 rings (SSSR count). The Morgan fingerprint density at radius 2 is 2.00 bits per heavy atom. The SMILES string of the molecule is CC(C)NC(=O)NS(=O)(=O)c1ccc(O)c(N)c1. The molecule has 7 nitrogen and oxygen atoms in total. The number of sulfonamides is 1. The molecule has 0 spiro atoms. The van der Waals surface area contributed by atoms with E-state index in [0.29, 0.717) is 0 Å². The van der Waals surface area contributed by atoms with Crippen molar-refractivity contribution >= 4 is 21.7 Å². The Morgan fingerprint density at radius 3 is 2.50 bits per heavy atom. The molecule has 5 N–H and O–H groups in total. The van der Waals surface area contributed by atoms with Gasteiger partial charge in [0.25, 0.3) is 10.0 Å². The Balaban J connectivity index is 2.93. The van der Waals surface area contributed by atoms with Crippen molar-refractivity contribution in [1.29, 1.82) is 0 Å². The van der Waals surface area contributed by atoms with Crippen molar-refractivity contribution in [2.75, 3.05) is 5.73 Å². The number of amides is 2. The number of hydrogen-bond acceptors (Lipinski definition) is 5. The third kappa shape index (κ3) is 3.52. The second-order valence-electron chi connectivity index (χ2n) is 3.95. The molecule has 0 heterocycles. The summed E-state index contributed by atoms with van der Waals surface area (Å²) in [6.45, 7) is 3.40. The predicted octanol–water partition coefficient (Wildman–Crippen LogP) is 0.371. The van der Waals surface area contributed by atoms with Gasteiger partial charge in [0.15, 0.2) is 0 Å². The van der Waals surface area contributed by atoms with Gasteiger partial charge in [-0.15, -0.1) is 0 Å². The quantitative estimate of drug-likeness (QED) is 0.468. The van der Waals surface area contributed by atoms with E-state index >= 15 is 0 Å². The molecular formula is C10H15N3O4S. The number of carbonyl (C=O) groups excluding carboxylic acids is 1. The zero-order valence-electron chi connectivity index (χ0n) is 9.97. The molecule has 0 aliphatic rings. The van der Waals surface area contributed by atoms with E-state index in [9.17, 15) is 18.3 Å². The standard InChI is InChI=1S/C10H15N3O4S/c1-6(2)12-10(15)13-18(16,17)7-3-4-9(14)8(11)5-7/h3-6,14H,11H2,1-2H3,(H2,12,13,15). The fourth-order valence-corrected chi connectivity index (χ4v) is 2.12. The van der Waals surface area contributed by atoms with Crippen LogP contribution >= 0.6 is 0 Å². The molecule has 1 aromatic rings. The molecule has 2 amide bonds. The largest absolute Gasteiger partial charge is 0.506 e. The topological polar surface area (TPSA) is 122 Å². The highest BCUT2D eigenvalue weighted by Crippen LogP contribution is 2.22. The van der Waals surface area contributed by atoms with Crippen molar-refractivity contribution in [3.63, 3.8) is 0 Å². The summed E-state index contributed by atoms with van der Waals surface area (Å²) in [5, 5.41) is 11.6. The van der Waals surface area contributed by atoms with E-state index in [1.165, 1.54) is 0 Å². The van der Waals surface area contributed by atoms with Crippen molar-refractivity contribution in [2.45, 2.75) is 24.8 Å². The highest BCUT2D eigenvalue weighted by Gasteiger charge is 2.18. The smallest absolute Gasteiger partial charge is 0.328 e. The molecule has 100 valence electrons. The van der Waals surface area contributed by atoms with Gasteiger partial charge in [0.2, 0.25) is 0 Å². The van der Waals surface area contributed by atoms with Crippen LogP contribution in [0.1, 0.15) is 13.8 Å². The third-order valence-corrected chi connectivity index (χ3v) is 3.28. The Bertz CT molecular complexity index is 554. The molecule has 0 aromatic heterocycles. The number of urea groups is 1. The number of carbonyl (C=O) groups is 1. The number of rotatable bonds is 3. The molecule has 0 saturated carbocycles. The van der Waals surface area contributed by atoms with Crippen LogP contribution in [0, 0.1) is 0 Å². The summed E-state index contributed by atoms with van der Waals surface area (Å²) in [5.74, 6) is -0.222. The van der Waals surface area contributed by atoms with Gasteiger partial charge in [0, 0.05) is 6.04 Å². The van der Waals surface area contributed by atoms with Gasteiger partial charge in [-0.1, -0.05) is 0 Å². The first-order valence-corrected chi connectivity index (χ1v) is 6.62. The number of anilines is 1. The number of phenolic OH excluding ortho intramolecular Hbond substituents is 1. The number of benzene rings is 1. The minimum Gasteiger partial charge on any atom is -0.506 e. The number of nitrogen functional groups attached to an aromatic ring is 1. The van der Waals surface area contributed by atoms with E-state index < -0.39 is 16.1 Å². The van der Waals surface area contributed by atoms with E-state index in [0.717, 1.165) is 18.2 Å². The minimum atomic E-state index is -4.00. The van der Waals surface area contributed by atoms with Crippen molar-refractivity contribution in [1.82, 2.24) is 10.0 Å².